The summed E-state index contributed by atoms with van der Waals surface area (Å²) in [5.74, 6) is 2.92. The Morgan fingerprint density at radius 1 is 1.00 bits per heavy atom. The SMILES string of the molecule is O=C1OC(C23CC4CC(CC(C4)C2)C3)=N/C1=C\c1ccccc1. The van der Waals surface area contributed by atoms with Crippen molar-refractivity contribution >= 4 is 17.9 Å². The van der Waals surface area contributed by atoms with E-state index in [0.717, 1.165) is 29.2 Å². The number of aliphatic imine (C=N–C) groups is 1. The van der Waals surface area contributed by atoms with Crippen LogP contribution in [0.3, 0.4) is 0 Å². The first-order chi connectivity index (χ1) is 11.2. The average molecular weight is 307 g/mol. The molecule has 1 aliphatic heterocycles. The predicted octanol–water partition coefficient (Wildman–Crippen LogP) is 4.20. The Morgan fingerprint density at radius 3 is 2.22 bits per heavy atom. The van der Waals surface area contributed by atoms with E-state index in [0.29, 0.717) is 5.70 Å². The van der Waals surface area contributed by atoms with Gasteiger partial charge < -0.3 is 4.74 Å². The number of hydrogen-bond donors (Lipinski definition) is 0. The minimum Gasteiger partial charge on any atom is -0.406 e. The maximum absolute atomic E-state index is 12.3. The molecule has 1 aromatic rings. The fraction of sp³-hybridized carbons (Fsp3) is 0.500. The summed E-state index contributed by atoms with van der Waals surface area (Å²) in [7, 11) is 0. The van der Waals surface area contributed by atoms with Crippen LogP contribution in [0.4, 0.5) is 0 Å². The lowest BCUT2D eigenvalue weighted by Gasteiger charge is -2.55. The predicted molar refractivity (Wildman–Crippen MR) is 88.6 cm³/mol. The molecule has 0 atom stereocenters. The first kappa shape index (κ1) is 13.5. The van der Waals surface area contributed by atoms with Crippen LogP contribution in [0.1, 0.15) is 44.1 Å². The molecule has 0 spiro atoms. The molecule has 4 fully saturated rings. The van der Waals surface area contributed by atoms with Gasteiger partial charge in [0.1, 0.15) is 0 Å². The largest absolute Gasteiger partial charge is 0.406 e. The van der Waals surface area contributed by atoms with Crippen LogP contribution in [-0.2, 0) is 9.53 Å². The number of nitrogens with zero attached hydrogens (tertiary/aromatic N) is 1. The molecule has 6 rings (SSSR count). The standard InChI is InChI=1S/C20H21NO2/c22-18-17(9-13-4-2-1-3-5-13)21-19(23-18)20-10-14-6-15(11-20)8-16(7-14)12-20/h1-5,9,14-16H,6-8,10-12H2/b17-9-. The monoisotopic (exact) mass is 307 g/mol. The van der Waals surface area contributed by atoms with Crippen molar-refractivity contribution in [3.8, 4) is 0 Å². The lowest BCUT2D eigenvalue weighted by Crippen LogP contribution is -2.50. The van der Waals surface area contributed by atoms with Gasteiger partial charge in [0.25, 0.3) is 0 Å². The molecular weight excluding hydrogens is 286 g/mol. The quantitative estimate of drug-likeness (QED) is 0.607. The molecule has 0 saturated heterocycles. The molecule has 3 heteroatoms. The van der Waals surface area contributed by atoms with E-state index in [1.807, 2.05) is 36.4 Å². The molecule has 0 aromatic heterocycles. The lowest BCUT2D eigenvalue weighted by molar-refractivity contribution is -0.131. The Labute approximate surface area is 136 Å². The summed E-state index contributed by atoms with van der Waals surface area (Å²) in [4.78, 5) is 16.9. The summed E-state index contributed by atoms with van der Waals surface area (Å²) >= 11 is 0. The van der Waals surface area contributed by atoms with Crippen LogP contribution in [0.5, 0.6) is 0 Å². The van der Waals surface area contributed by atoms with Crippen LogP contribution >= 0.6 is 0 Å². The second kappa shape index (κ2) is 4.80. The highest BCUT2D eigenvalue weighted by atomic mass is 16.6. The van der Waals surface area contributed by atoms with Gasteiger partial charge in [0.05, 0.1) is 0 Å². The van der Waals surface area contributed by atoms with Crippen LogP contribution < -0.4 is 0 Å². The van der Waals surface area contributed by atoms with Gasteiger partial charge in [0.15, 0.2) is 5.70 Å². The van der Waals surface area contributed by atoms with Gasteiger partial charge in [0, 0.05) is 5.41 Å². The van der Waals surface area contributed by atoms with E-state index in [2.05, 4.69) is 4.99 Å². The Balaban J connectivity index is 1.49. The van der Waals surface area contributed by atoms with Gasteiger partial charge in [-0.05, 0) is 67.9 Å². The molecule has 4 saturated carbocycles. The number of rotatable bonds is 2. The van der Waals surface area contributed by atoms with Crippen LogP contribution in [0.2, 0.25) is 0 Å². The van der Waals surface area contributed by atoms with Crippen molar-refractivity contribution in [1.29, 1.82) is 0 Å². The first-order valence-corrected chi connectivity index (χ1v) is 8.78. The number of benzene rings is 1. The van der Waals surface area contributed by atoms with E-state index in [4.69, 9.17) is 4.74 Å². The molecule has 23 heavy (non-hydrogen) atoms. The highest BCUT2D eigenvalue weighted by Gasteiger charge is 2.55. The molecule has 5 aliphatic rings. The highest BCUT2D eigenvalue weighted by molar-refractivity contribution is 6.09. The number of ether oxygens (including phenoxy) is 1. The molecule has 3 nitrogen and oxygen atoms in total. The number of cyclic esters (lactones) is 1. The van der Waals surface area contributed by atoms with Crippen molar-refractivity contribution in [1.82, 2.24) is 0 Å². The zero-order chi connectivity index (χ0) is 15.4. The molecule has 118 valence electrons. The highest BCUT2D eigenvalue weighted by Crippen LogP contribution is 2.61. The van der Waals surface area contributed by atoms with Crippen molar-refractivity contribution in [2.24, 2.45) is 28.2 Å². The van der Waals surface area contributed by atoms with E-state index in [1.54, 1.807) is 0 Å². The van der Waals surface area contributed by atoms with Gasteiger partial charge in [-0.3, -0.25) is 0 Å². The van der Waals surface area contributed by atoms with Crippen molar-refractivity contribution in [3.63, 3.8) is 0 Å². The smallest absolute Gasteiger partial charge is 0.363 e. The third kappa shape index (κ3) is 2.17. The molecule has 1 aromatic carbocycles. The fourth-order valence-electron chi connectivity index (χ4n) is 5.72. The maximum atomic E-state index is 12.3. The zero-order valence-electron chi connectivity index (χ0n) is 13.2. The van der Waals surface area contributed by atoms with E-state index in [1.165, 1.54) is 38.5 Å². The van der Waals surface area contributed by atoms with Gasteiger partial charge in [-0.15, -0.1) is 0 Å². The molecule has 0 radical (unpaired) electrons. The van der Waals surface area contributed by atoms with Gasteiger partial charge >= 0.3 is 5.97 Å². The summed E-state index contributed by atoms with van der Waals surface area (Å²) in [6.45, 7) is 0. The van der Waals surface area contributed by atoms with Crippen molar-refractivity contribution in [2.45, 2.75) is 38.5 Å². The van der Waals surface area contributed by atoms with E-state index in [-0.39, 0.29) is 11.4 Å². The van der Waals surface area contributed by atoms with Gasteiger partial charge in [-0.1, -0.05) is 30.3 Å². The van der Waals surface area contributed by atoms with Gasteiger partial charge in [-0.25, -0.2) is 9.79 Å². The topological polar surface area (TPSA) is 38.7 Å². The molecule has 0 amide bonds. The molecular formula is C20H21NO2. The molecule has 0 N–H and O–H groups in total. The lowest BCUT2D eigenvalue weighted by atomic mass is 9.49. The van der Waals surface area contributed by atoms with Crippen molar-refractivity contribution in [2.75, 3.05) is 0 Å². The second-order valence-corrected chi connectivity index (χ2v) is 7.94. The number of esters is 1. The number of carbonyl (C=O) groups excluding carboxylic acids is 1. The van der Waals surface area contributed by atoms with Crippen molar-refractivity contribution < 1.29 is 9.53 Å². The van der Waals surface area contributed by atoms with Gasteiger partial charge in [0.2, 0.25) is 5.90 Å². The number of carbonyl (C=O) groups is 1. The van der Waals surface area contributed by atoms with Crippen LogP contribution in [0.25, 0.3) is 6.08 Å². The maximum Gasteiger partial charge on any atom is 0.363 e. The molecule has 0 unspecified atom stereocenters. The minimum atomic E-state index is -0.278. The van der Waals surface area contributed by atoms with Crippen LogP contribution in [0.15, 0.2) is 41.0 Å². The molecule has 4 aliphatic carbocycles. The zero-order valence-corrected chi connectivity index (χ0v) is 13.2. The summed E-state index contributed by atoms with van der Waals surface area (Å²) < 4.78 is 5.67. The van der Waals surface area contributed by atoms with E-state index >= 15 is 0 Å². The first-order valence-electron chi connectivity index (χ1n) is 8.78. The Kier molecular flexibility index (Phi) is 2.82. The van der Waals surface area contributed by atoms with E-state index in [9.17, 15) is 4.79 Å². The number of hydrogen-bond acceptors (Lipinski definition) is 3. The summed E-state index contributed by atoms with van der Waals surface area (Å²) in [6.07, 6.45) is 9.50. The minimum absolute atomic E-state index is 0.0523. The molecule has 1 heterocycles. The Bertz CT molecular complexity index is 681. The summed E-state index contributed by atoms with van der Waals surface area (Å²) in [5.41, 5.74) is 1.51. The summed E-state index contributed by atoms with van der Waals surface area (Å²) in [6, 6.07) is 9.88. The summed E-state index contributed by atoms with van der Waals surface area (Å²) in [5, 5.41) is 0. The Morgan fingerprint density at radius 2 is 1.61 bits per heavy atom. The second-order valence-electron chi connectivity index (χ2n) is 7.94. The Hall–Kier alpha value is -1.90. The average Bonchev–Trinajstić information content (AvgIpc) is 2.89. The fourth-order valence-corrected chi connectivity index (χ4v) is 5.72. The van der Waals surface area contributed by atoms with Crippen LogP contribution in [-0.4, -0.2) is 11.9 Å². The molecule has 4 bridgehead atoms. The van der Waals surface area contributed by atoms with Crippen LogP contribution in [0, 0.1) is 23.2 Å². The third-order valence-corrected chi connectivity index (χ3v) is 6.22. The van der Waals surface area contributed by atoms with E-state index < -0.39 is 0 Å². The van der Waals surface area contributed by atoms with Gasteiger partial charge in [-0.2, -0.15) is 0 Å². The normalized spacial score (nSPS) is 39.7. The van der Waals surface area contributed by atoms with Crippen molar-refractivity contribution in [3.05, 3.63) is 41.6 Å². The third-order valence-electron chi connectivity index (χ3n) is 6.22.